The van der Waals surface area contributed by atoms with Gasteiger partial charge in [-0.15, -0.1) is 0 Å². The number of rotatable bonds is 6. The van der Waals surface area contributed by atoms with Crippen LogP contribution in [0.15, 0.2) is 18.2 Å². The first-order valence-corrected chi connectivity index (χ1v) is 7.72. The van der Waals surface area contributed by atoms with Crippen LogP contribution in [0.1, 0.15) is 43.0 Å². The molecule has 1 fully saturated rings. The van der Waals surface area contributed by atoms with Crippen LogP contribution in [-0.4, -0.2) is 36.8 Å². The molecule has 0 atom stereocenters. The lowest BCUT2D eigenvalue weighted by Crippen LogP contribution is -2.36. The summed E-state index contributed by atoms with van der Waals surface area (Å²) in [6, 6.07) is 5.86. The van der Waals surface area contributed by atoms with Crippen LogP contribution in [0.5, 0.6) is 0 Å². The zero-order chi connectivity index (χ0) is 15.2. The summed E-state index contributed by atoms with van der Waals surface area (Å²) < 4.78 is 0. The van der Waals surface area contributed by atoms with E-state index >= 15 is 0 Å². The van der Waals surface area contributed by atoms with Gasteiger partial charge in [-0.1, -0.05) is 12.8 Å². The third-order valence-corrected chi connectivity index (χ3v) is 4.04. The molecular weight excluding hydrogens is 266 g/mol. The average Bonchev–Trinajstić information content (AvgIpc) is 2.99. The maximum Gasteiger partial charge on any atom is 0.251 e. The third-order valence-electron chi connectivity index (χ3n) is 4.04. The molecule has 1 aromatic rings. The van der Waals surface area contributed by atoms with Gasteiger partial charge in [0.25, 0.3) is 5.91 Å². The van der Waals surface area contributed by atoms with Crippen LogP contribution in [0.4, 0.5) is 11.4 Å². The van der Waals surface area contributed by atoms with Gasteiger partial charge in [-0.05, 0) is 38.0 Å². The van der Waals surface area contributed by atoms with Crippen molar-refractivity contribution in [2.24, 2.45) is 0 Å². The first-order valence-electron chi connectivity index (χ1n) is 7.72. The zero-order valence-corrected chi connectivity index (χ0v) is 12.6. The molecule has 5 heteroatoms. The molecule has 0 radical (unpaired) electrons. The number of nitrogens with one attached hydrogen (secondary N) is 1. The molecule has 0 aromatic heterocycles. The SMILES string of the molecule is CCNC(=O)c1ccc(N(CCO)C2CCCC2)c(N)c1. The monoisotopic (exact) mass is 291 g/mol. The summed E-state index contributed by atoms with van der Waals surface area (Å²) in [7, 11) is 0. The van der Waals surface area contributed by atoms with E-state index in [1.165, 1.54) is 12.8 Å². The number of nitrogen functional groups attached to an aromatic ring is 1. The summed E-state index contributed by atoms with van der Waals surface area (Å²) in [6.45, 7) is 3.17. The highest BCUT2D eigenvalue weighted by atomic mass is 16.3. The van der Waals surface area contributed by atoms with Gasteiger partial charge >= 0.3 is 0 Å². The highest BCUT2D eigenvalue weighted by molar-refractivity contribution is 5.96. The fraction of sp³-hybridized carbons (Fsp3) is 0.562. The lowest BCUT2D eigenvalue weighted by atomic mass is 10.1. The molecular formula is C16H25N3O2. The van der Waals surface area contributed by atoms with Crippen LogP contribution in [0.3, 0.4) is 0 Å². The zero-order valence-electron chi connectivity index (χ0n) is 12.6. The minimum Gasteiger partial charge on any atom is -0.397 e. The molecule has 0 heterocycles. The van der Waals surface area contributed by atoms with Gasteiger partial charge in [-0.2, -0.15) is 0 Å². The second-order valence-electron chi connectivity index (χ2n) is 5.49. The Morgan fingerprint density at radius 2 is 2.14 bits per heavy atom. The molecule has 1 aliphatic rings. The molecule has 1 aliphatic carbocycles. The maximum atomic E-state index is 11.8. The molecule has 0 unspecified atom stereocenters. The van der Waals surface area contributed by atoms with Gasteiger partial charge in [0.1, 0.15) is 0 Å². The fourth-order valence-electron chi connectivity index (χ4n) is 3.04. The quantitative estimate of drug-likeness (QED) is 0.698. The number of nitrogens with two attached hydrogens (primary N) is 1. The molecule has 1 saturated carbocycles. The standard InChI is InChI=1S/C16H25N3O2/c1-2-18-16(21)12-7-8-15(14(17)11-12)19(9-10-20)13-5-3-4-6-13/h7-8,11,13,20H,2-6,9-10,17H2,1H3,(H,18,21). The number of benzene rings is 1. The Labute approximate surface area is 126 Å². The molecule has 21 heavy (non-hydrogen) atoms. The van der Waals surface area contributed by atoms with Crippen molar-refractivity contribution in [1.82, 2.24) is 5.32 Å². The predicted octanol–water partition coefficient (Wildman–Crippen LogP) is 1.76. The Morgan fingerprint density at radius 1 is 1.43 bits per heavy atom. The van der Waals surface area contributed by atoms with Gasteiger partial charge in [-0.3, -0.25) is 4.79 Å². The number of hydrogen-bond acceptors (Lipinski definition) is 4. The van der Waals surface area contributed by atoms with Crippen LogP contribution >= 0.6 is 0 Å². The fourth-order valence-corrected chi connectivity index (χ4v) is 3.04. The number of aliphatic hydroxyl groups is 1. The van der Waals surface area contributed by atoms with Crippen molar-refractivity contribution >= 4 is 17.3 Å². The first-order chi connectivity index (χ1) is 10.2. The van der Waals surface area contributed by atoms with Crippen LogP contribution in [0.2, 0.25) is 0 Å². The van der Waals surface area contributed by atoms with E-state index in [0.717, 1.165) is 18.5 Å². The summed E-state index contributed by atoms with van der Waals surface area (Å²) in [4.78, 5) is 14.0. The number of nitrogens with zero attached hydrogens (tertiary/aromatic N) is 1. The van der Waals surface area contributed by atoms with Crippen LogP contribution in [0.25, 0.3) is 0 Å². The molecule has 5 nitrogen and oxygen atoms in total. The van der Waals surface area contributed by atoms with Crippen LogP contribution in [0, 0.1) is 0 Å². The smallest absolute Gasteiger partial charge is 0.251 e. The van der Waals surface area contributed by atoms with Gasteiger partial charge in [0.05, 0.1) is 18.0 Å². The lowest BCUT2D eigenvalue weighted by molar-refractivity contribution is 0.0956. The minimum atomic E-state index is -0.106. The summed E-state index contributed by atoms with van der Waals surface area (Å²) in [6.07, 6.45) is 4.72. The molecule has 1 aromatic carbocycles. The summed E-state index contributed by atoms with van der Waals surface area (Å²) >= 11 is 0. The Balaban J connectivity index is 2.22. The van der Waals surface area contributed by atoms with Gasteiger partial charge in [0.15, 0.2) is 0 Å². The molecule has 0 bridgehead atoms. The third kappa shape index (κ3) is 3.67. The number of anilines is 2. The van der Waals surface area contributed by atoms with Crippen molar-refractivity contribution in [3.05, 3.63) is 23.8 Å². The Kier molecular flexibility index (Phi) is 5.44. The van der Waals surface area contributed by atoms with E-state index in [1.54, 1.807) is 12.1 Å². The highest BCUT2D eigenvalue weighted by Crippen LogP contribution is 2.32. The Bertz CT molecular complexity index is 484. The lowest BCUT2D eigenvalue weighted by Gasteiger charge is -2.31. The largest absolute Gasteiger partial charge is 0.397 e. The van der Waals surface area contributed by atoms with E-state index in [9.17, 15) is 9.90 Å². The summed E-state index contributed by atoms with van der Waals surface area (Å²) in [5, 5.41) is 12.1. The maximum absolute atomic E-state index is 11.8. The van der Waals surface area contributed by atoms with E-state index in [-0.39, 0.29) is 12.5 Å². The van der Waals surface area contributed by atoms with Crippen molar-refractivity contribution in [2.45, 2.75) is 38.6 Å². The number of aliphatic hydroxyl groups excluding tert-OH is 1. The second kappa shape index (κ2) is 7.31. The number of carbonyl (C=O) groups excluding carboxylic acids is 1. The number of amides is 1. The average molecular weight is 291 g/mol. The van der Waals surface area contributed by atoms with Crippen molar-refractivity contribution in [3.63, 3.8) is 0 Å². The Morgan fingerprint density at radius 3 is 2.71 bits per heavy atom. The van der Waals surface area contributed by atoms with Crippen molar-refractivity contribution < 1.29 is 9.90 Å². The van der Waals surface area contributed by atoms with Gasteiger partial charge in [0.2, 0.25) is 0 Å². The molecule has 116 valence electrons. The molecule has 0 saturated heterocycles. The topological polar surface area (TPSA) is 78.6 Å². The number of carbonyl (C=O) groups is 1. The van der Waals surface area contributed by atoms with Crippen LogP contribution < -0.4 is 16.0 Å². The van der Waals surface area contributed by atoms with E-state index in [2.05, 4.69) is 10.2 Å². The van der Waals surface area contributed by atoms with Gasteiger partial charge < -0.3 is 21.1 Å². The second-order valence-corrected chi connectivity index (χ2v) is 5.49. The molecule has 0 spiro atoms. The van der Waals surface area contributed by atoms with E-state index < -0.39 is 0 Å². The van der Waals surface area contributed by atoms with Crippen molar-refractivity contribution in [1.29, 1.82) is 0 Å². The normalized spacial score (nSPS) is 15.1. The summed E-state index contributed by atoms with van der Waals surface area (Å²) in [5.41, 5.74) is 8.24. The van der Waals surface area contributed by atoms with Crippen molar-refractivity contribution in [3.8, 4) is 0 Å². The van der Waals surface area contributed by atoms with E-state index in [1.807, 2.05) is 13.0 Å². The molecule has 0 aliphatic heterocycles. The summed E-state index contributed by atoms with van der Waals surface area (Å²) in [5.74, 6) is -0.106. The first kappa shape index (κ1) is 15.6. The van der Waals surface area contributed by atoms with Crippen LogP contribution in [-0.2, 0) is 0 Å². The van der Waals surface area contributed by atoms with Crippen molar-refractivity contribution in [2.75, 3.05) is 30.3 Å². The van der Waals surface area contributed by atoms with E-state index in [4.69, 9.17) is 5.73 Å². The molecule has 2 rings (SSSR count). The Hall–Kier alpha value is -1.75. The predicted molar refractivity (Wildman–Crippen MR) is 85.5 cm³/mol. The van der Waals surface area contributed by atoms with Gasteiger partial charge in [0, 0.05) is 24.7 Å². The minimum absolute atomic E-state index is 0.105. The molecule has 1 amide bonds. The molecule has 4 N–H and O–H groups in total. The highest BCUT2D eigenvalue weighted by Gasteiger charge is 2.24. The van der Waals surface area contributed by atoms with Gasteiger partial charge in [-0.25, -0.2) is 0 Å². The van der Waals surface area contributed by atoms with E-state index in [0.29, 0.717) is 30.4 Å². The number of hydrogen-bond donors (Lipinski definition) is 3.